The Morgan fingerprint density at radius 3 is 2.29 bits per heavy atom. The Labute approximate surface area is 52.2 Å². The summed E-state index contributed by atoms with van der Waals surface area (Å²) in [4.78, 5) is 0. The Bertz CT molecular complexity index is 40.7. The zero-order chi connectivity index (χ0) is 5.70. The van der Waals surface area contributed by atoms with Crippen molar-refractivity contribution in [3.8, 4) is 0 Å². The van der Waals surface area contributed by atoms with Crippen LogP contribution >= 0.6 is 12.6 Å². The first-order valence-corrected chi connectivity index (χ1v) is 5.35. The van der Waals surface area contributed by atoms with E-state index in [4.69, 9.17) is 4.43 Å². The molecule has 0 aliphatic carbocycles. The maximum Gasteiger partial charge on any atom is 0.204 e. The molecule has 3 heteroatoms. The minimum absolute atomic E-state index is 0.446. The van der Waals surface area contributed by atoms with Crippen LogP contribution in [0.2, 0.25) is 13.1 Å². The van der Waals surface area contributed by atoms with Crippen LogP contribution < -0.4 is 0 Å². The summed E-state index contributed by atoms with van der Waals surface area (Å²) in [6, 6.07) is 0. The topological polar surface area (TPSA) is 9.23 Å². The highest BCUT2D eigenvalue weighted by molar-refractivity contribution is 7.80. The molecule has 0 saturated heterocycles. The van der Waals surface area contributed by atoms with Gasteiger partial charge in [-0.25, -0.2) is 0 Å². The normalized spacial score (nSPS) is 10.3. The molecule has 0 heterocycles. The van der Waals surface area contributed by atoms with Gasteiger partial charge in [0.1, 0.15) is 0 Å². The lowest BCUT2D eigenvalue weighted by Gasteiger charge is -2.00. The third kappa shape index (κ3) is 6.53. The predicted octanol–water partition coefficient (Wildman–Crippen LogP) is 1.18. The summed E-state index contributed by atoms with van der Waals surface area (Å²) in [5.74, 6) is 0.843. The van der Waals surface area contributed by atoms with Crippen LogP contribution in [0.25, 0.3) is 0 Å². The van der Waals surface area contributed by atoms with Gasteiger partial charge in [-0.05, 0) is 13.1 Å². The first kappa shape index (κ1) is 7.53. The quantitative estimate of drug-likeness (QED) is 0.452. The molecule has 0 fully saturated rings. The first-order chi connectivity index (χ1) is 3.27. The van der Waals surface area contributed by atoms with E-state index in [1.807, 2.05) is 0 Å². The average molecular weight is 135 g/mol. The molecule has 1 nitrogen and oxygen atoms in total. The highest BCUT2D eigenvalue weighted by atomic mass is 32.1. The van der Waals surface area contributed by atoms with Crippen molar-refractivity contribution in [2.75, 3.05) is 12.4 Å². The highest BCUT2D eigenvalue weighted by Crippen LogP contribution is 1.83. The van der Waals surface area contributed by atoms with E-state index in [1.165, 1.54) is 0 Å². The lowest BCUT2D eigenvalue weighted by molar-refractivity contribution is 0.355. The van der Waals surface area contributed by atoms with Crippen molar-refractivity contribution >= 4 is 21.7 Å². The molecule has 0 spiro atoms. The van der Waals surface area contributed by atoms with Gasteiger partial charge >= 0.3 is 0 Å². The summed E-state index contributed by atoms with van der Waals surface area (Å²) in [7, 11) is -0.446. The second-order valence-corrected chi connectivity index (χ2v) is 4.03. The number of hydrogen-bond donors (Lipinski definition) is 1. The fourth-order valence-corrected chi connectivity index (χ4v) is 1.02. The van der Waals surface area contributed by atoms with E-state index in [0.29, 0.717) is 0 Å². The Morgan fingerprint density at radius 1 is 1.57 bits per heavy atom. The van der Waals surface area contributed by atoms with Crippen LogP contribution in [-0.2, 0) is 4.43 Å². The van der Waals surface area contributed by atoms with E-state index in [0.717, 1.165) is 12.4 Å². The Morgan fingerprint density at radius 2 is 2.14 bits per heavy atom. The third-order valence-corrected chi connectivity index (χ3v) is 1.45. The van der Waals surface area contributed by atoms with Crippen molar-refractivity contribution in [3.05, 3.63) is 0 Å². The summed E-state index contributed by atoms with van der Waals surface area (Å²) >= 11 is 3.99. The van der Waals surface area contributed by atoms with Gasteiger partial charge in [-0.15, -0.1) is 0 Å². The van der Waals surface area contributed by atoms with Crippen LogP contribution in [0, 0.1) is 0 Å². The smallest absolute Gasteiger partial charge is 0.204 e. The standard InChI is InChI=1S/C4H11OSSi/c1-7(2)5-3-4-6/h6H,3-4H2,1-2H3. The van der Waals surface area contributed by atoms with E-state index >= 15 is 0 Å². The Balaban J connectivity index is 2.68. The Hall–Kier alpha value is 0.527. The van der Waals surface area contributed by atoms with Crippen LogP contribution in [0.1, 0.15) is 0 Å². The van der Waals surface area contributed by atoms with Crippen molar-refractivity contribution < 1.29 is 4.43 Å². The van der Waals surface area contributed by atoms with Crippen molar-refractivity contribution in [1.29, 1.82) is 0 Å². The van der Waals surface area contributed by atoms with E-state index in [1.54, 1.807) is 0 Å². The van der Waals surface area contributed by atoms with Gasteiger partial charge < -0.3 is 4.43 Å². The molecule has 0 saturated carbocycles. The van der Waals surface area contributed by atoms with Gasteiger partial charge in [0.15, 0.2) is 0 Å². The predicted molar refractivity (Wildman–Crippen MR) is 37.3 cm³/mol. The molecule has 0 N–H and O–H groups in total. The molecule has 43 valence electrons. The van der Waals surface area contributed by atoms with Crippen LogP contribution in [-0.4, -0.2) is 21.4 Å². The molecule has 0 bridgehead atoms. The molecular formula is C4H11OSSi. The van der Waals surface area contributed by atoms with Crippen LogP contribution in [0.5, 0.6) is 0 Å². The van der Waals surface area contributed by atoms with Gasteiger partial charge in [0.25, 0.3) is 0 Å². The molecule has 0 aliphatic rings. The average Bonchev–Trinajstić information content (AvgIpc) is 1.61. The molecule has 7 heavy (non-hydrogen) atoms. The number of thiol groups is 1. The molecule has 0 rings (SSSR count). The van der Waals surface area contributed by atoms with Crippen molar-refractivity contribution in [3.63, 3.8) is 0 Å². The maximum atomic E-state index is 5.22. The fraction of sp³-hybridized carbons (Fsp3) is 1.00. The van der Waals surface area contributed by atoms with Crippen molar-refractivity contribution in [2.24, 2.45) is 0 Å². The SMILES string of the molecule is C[Si](C)OCCS. The van der Waals surface area contributed by atoms with E-state index in [2.05, 4.69) is 25.7 Å². The summed E-state index contributed by atoms with van der Waals surface area (Å²) < 4.78 is 5.22. The maximum absolute atomic E-state index is 5.22. The van der Waals surface area contributed by atoms with Gasteiger partial charge in [0.05, 0.1) is 0 Å². The van der Waals surface area contributed by atoms with Crippen molar-refractivity contribution in [1.82, 2.24) is 0 Å². The van der Waals surface area contributed by atoms with Gasteiger partial charge in [-0.3, -0.25) is 0 Å². The van der Waals surface area contributed by atoms with E-state index in [-0.39, 0.29) is 0 Å². The lowest BCUT2D eigenvalue weighted by Crippen LogP contribution is -2.08. The minimum Gasteiger partial charge on any atom is -0.416 e. The third-order valence-electron chi connectivity index (χ3n) is 0.482. The molecule has 1 radical (unpaired) electrons. The van der Waals surface area contributed by atoms with Gasteiger partial charge in [0.2, 0.25) is 9.04 Å². The van der Waals surface area contributed by atoms with Crippen LogP contribution in [0.3, 0.4) is 0 Å². The number of rotatable bonds is 3. The monoisotopic (exact) mass is 135 g/mol. The van der Waals surface area contributed by atoms with Gasteiger partial charge in [0, 0.05) is 12.4 Å². The summed E-state index contributed by atoms with van der Waals surface area (Å²) in [6.07, 6.45) is 0. The highest BCUT2D eigenvalue weighted by Gasteiger charge is 1.91. The Kier molecular flexibility index (Phi) is 5.03. The van der Waals surface area contributed by atoms with Crippen molar-refractivity contribution in [2.45, 2.75) is 13.1 Å². The zero-order valence-corrected chi connectivity index (χ0v) is 6.66. The summed E-state index contributed by atoms with van der Waals surface area (Å²) in [5.41, 5.74) is 0. The summed E-state index contributed by atoms with van der Waals surface area (Å²) in [5, 5.41) is 0. The van der Waals surface area contributed by atoms with Crippen LogP contribution in [0.15, 0.2) is 0 Å². The lowest BCUT2D eigenvalue weighted by atomic mass is 10.9. The second-order valence-electron chi connectivity index (χ2n) is 1.48. The van der Waals surface area contributed by atoms with Crippen LogP contribution in [0.4, 0.5) is 0 Å². The van der Waals surface area contributed by atoms with E-state index < -0.39 is 9.04 Å². The molecule has 0 amide bonds. The van der Waals surface area contributed by atoms with E-state index in [9.17, 15) is 0 Å². The molecule has 0 aromatic carbocycles. The molecule has 0 aromatic rings. The molecule has 0 atom stereocenters. The first-order valence-electron chi connectivity index (χ1n) is 2.31. The molecule has 0 unspecified atom stereocenters. The molecule has 0 aliphatic heterocycles. The molecular weight excluding hydrogens is 124 g/mol. The van der Waals surface area contributed by atoms with Gasteiger partial charge in [-0.1, -0.05) is 0 Å². The molecule has 0 aromatic heterocycles. The second kappa shape index (κ2) is 4.68. The summed E-state index contributed by atoms with van der Waals surface area (Å²) in [6.45, 7) is 5.05. The minimum atomic E-state index is -0.446. The van der Waals surface area contributed by atoms with Gasteiger partial charge in [-0.2, -0.15) is 12.6 Å². The number of hydrogen-bond acceptors (Lipinski definition) is 2. The zero-order valence-electron chi connectivity index (χ0n) is 4.77. The largest absolute Gasteiger partial charge is 0.416 e. The fourth-order valence-electron chi connectivity index (χ4n) is 0.250.